The van der Waals surface area contributed by atoms with Crippen LogP contribution >= 0.6 is 0 Å². The monoisotopic (exact) mass is 980 g/mol. The Morgan fingerprint density at radius 2 is 0.353 bits per heavy atom. The maximum absolute atomic E-state index is 11.8. The minimum Gasteiger partial charge on any atom is -0.748 e. The highest BCUT2D eigenvalue weighted by atomic mass is 32.2. The van der Waals surface area contributed by atoms with E-state index in [1.807, 2.05) is 0 Å². The van der Waals surface area contributed by atoms with Gasteiger partial charge in [-0.15, -0.1) is 0 Å². The number of hydrogen-bond acceptors (Lipinski definition) is 3. The van der Waals surface area contributed by atoms with Crippen molar-refractivity contribution in [2.45, 2.75) is 374 Å². The molecule has 0 N–H and O–H groups in total. The van der Waals surface area contributed by atoms with E-state index in [4.69, 9.17) is 0 Å². The molecule has 0 spiro atoms. The smallest absolute Gasteiger partial charge is 0.0948 e. The topological polar surface area (TPSA) is 57.2 Å². The highest BCUT2D eigenvalue weighted by Crippen LogP contribution is 2.22. The molecule has 0 fully saturated rings. The zero-order valence-corrected chi connectivity index (χ0v) is 48.3. The van der Waals surface area contributed by atoms with Gasteiger partial charge in [-0.1, -0.05) is 329 Å². The first-order valence-corrected chi connectivity index (χ1v) is 33.8. The largest absolute Gasteiger partial charge is 0.748 e. The Bertz CT molecular complexity index is 934. The van der Waals surface area contributed by atoms with Crippen LogP contribution < -0.4 is 0 Å². The molecule has 0 aromatic carbocycles. The molecule has 0 radical (unpaired) electrons. The second-order valence-corrected chi connectivity index (χ2v) is 24.4. The lowest BCUT2D eigenvalue weighted by Gasteiger charge is -2.40. The van der Waals surface area contributed by atoms with Gasteiger partial charge in [-0.05, 0) is 38.5 Å². The van der Waals surface area contributed by atoms with Gasteiger partial charge in [0.25, 0.3) is 0 Å². The number of rotatable bonds is 61. The van der Waals surface area contributed by atoms with Crippen LogP contribution in [0.4, 0.5) is 0 Å². The maximum Gasteiger partial charge on any atom is 0.0948 e. The quantitative estimate of drug-likeness (QED) is 0.0347. The SMILES string of the molecule is CCCCCCCCCCCCCCCCCCCC[N+](CCCCCCCCCCCCCCCCCCCC)(CCCCCCCCCCCCCCCCCCCC)CCCS(=O)(=O)[O-]. The number of hydrogen-bond donors (Lipinski definition) is 0. The fourth-order valence-corrected chi connectivity index (χ4v) is 11.8. The van der Waals surface area contributed by atoms with Gasteiger partial charge in [-0.25, -0.2) is 8.42 Å². The number of quaternary nitrogens is 1. The molecule has 0 bridgehead atoms. The third-order valence-electron chi connectivity index (χ3n) is 16.0. The van der Waals surface area contributed by atoms with E-state index in [2.05, 4.69) is 20.8 Å². The zero-order valence-electron chi connectivity index (χ0n) is 47.5. The second kappa shape index (κ2) is 56.2. The summed E-state index contributed by atoms with van der Waals surface area (Å²) in [4.78, 5) is 0. The van der Waals surface area contributed by atoms with E-state index in [0.29, 0.717) is 6.42 Å². The highest BCUT2D eigenvalue weighted by molar-refractivity contribution is 7.85. The Morgan fingerprint density at radius 3 is 0.500 bits per heavy atom. The summed E-state index contributed by atoms with van der Waals surface area (Å²) < 4.78 is 36.3. The van der Waals surface area contributed by atoms with Crippen molar-refractivity contribution in [2.24, 2.45) is 0 Å². The van der Waals surface area contributed by atoms with Gasteiger partial charge < -0.3 is 9.04 Å². The lowest BCUT2D eigenvalue weighted by molar-refractivity contribution is -0.928. The fraction of sp³-hybridized carbons (Fsp3) is 1.00. The van der Waals surface area contributed by atoms with Gasteiger partial charge in [0, 0.05) is 12.2 Å². The first-order valence-electron chi connectivity index (χ1n) is 32.2. The van der Waals surface area contributed by atoms with E-state index in [0.717, 1.165) is 11.0 Å². The normalized spacial score (nSPS) is 12.2. The second-order valence-electron chi connectivity index (χ2n) is 22.9. The van der Waals surface area contributed by atoms with Gasteiger partial charge in [-0.3, -0.25) is 0 Å². The van der Waals surface area contributed by atoms with E-state index in [-0.39, 0.29) is 5.75 Å². The van der Waals surface area contributed by atoms with E-state index < -0.39 is 10.1 Å². The molecular formula is C63H129NO3S. The molecule has 0 heterocycles. The predicted molar refractivity (Wildman–Crippen MR) is 305 cm³/mol. The van der Waals surface area contributed by atoms with Gasteiger partial charge >= 0.3 is 0 Å². The third kappa shape index (κ3) is 55.2. The Kier molecular flexibility index (Phi) is 56.1. The molecule has 5 heteroatoms. The minimum absolute atomic E-state index is 0.190. The van der Waals surface area contributed by atoms with Crippen LogP contribution in [0.15, 0.2) is 0 Å². The van der Waals surface area contributed by atoms with Crippen LogP contribution in [0.5, 0.6) is 0 Å². The molecule has 4 nitrogen and oxygen atoms in total. The van der Waals surface area contributed by atoms with Crippen molar-refractivity contribution in [1.82, 2.24) is 0 Å². The Labute approximate surface area is 431 Å². The van der Waals surface area contributed by atoms with Crippen LogP contribution in [0.3, 0.4) is 0 Å². The van der Waals surface area contributed by atoms with Crippen molar-refractivity contribution >= 4 is 10.1 Å². The van der Waals surface area contributed by atoms with Crippen molar-refractivity contribution in [1.29, 1.82) is 0 Å². The molecule has 0 unspecified atom stereocenters. The minimum atomic E-state index is -4.17. The molecule has 0 saturated heterocycles. The maximum atomic E-state index is 11.8. The Hall–Kier alpha value is -0.130. The molecular weight excluding hydrogens is 851 g/mol. The van der Waals surface area contributed by atoms with E-state index in [1.165, 1.54) is 366 Å². The summed E-state index contributed by atoms with van der Waals surface area (Å²) in [5, 5.41) is 0. The van der Waals surface area contributed by atoms with Crippen LogP contribution in [0.1, 0.15) is 374 Å². The summed E-state index contributed by atoms with van der Waals surface area (Å²) in [6, 6.07) is 0. The van der Waals surface area contributed by atoms with Crippen LogP contribution in [0.25, 0.3) is 0 Å². The van der Waals surface area contributed by atoms with Crippen LogP contribution in [-0.2, 0) is 10.1 Å². The average molecular weight is 981 g/mol. The van der Waals surface area contributed by atoms with Crippen LogP contribution in [0, 0.1) is 0 Å². The number of nitrogens with zero attached hydrogens (tertiary/aromatic N) is 1. The van der Waals surface area contributed by atoms with Gasteiger partial charge in [0.2, 0.25) is 0 Å². The lowest BCUT2D eigenvalue weighted by atomic mass is 10.0. The van der Waals surface area contributed by atoms with Crippen molar-refractivity contribution in [3.63, 3.8) is 0 Å². The first kappa shape index (κ1) is 67.9. The zero-order chi connectivity index (χ0) is 49.4. The van der Waals surface area contributed by atoms with Gasteiger partial charge in [0.05, 0.1) is 36.3 Å². The highest BCUT2D eigenvalue weighted by Gasteiger charge is 2.26. The third-order valence-corrected chi connectivity index (χ3v) is 16.8. The van der Waals surface area contributed by atoms with Crippen molar-refractivity contribution in [3.8, 4) is 0 Å². The van der Waals surface area contributed by atoms with Gasteiger partial charge in [0.15, 0.2) is 0 Å². The number of unbranched alkanes of at least 4 members (excludes halogenated alkanes) is 51. The van der Waals surface area contributed by atoms with E-state index >= 15 is 0 Å². The molecule has 410 valence electrons. The molecule has 0 rings (SSSR count). The molecule has 0 aliphatic heterocycles. The molecule has 0 saturated carbocycles. The Balaban J connectivity index is 4.64. The molecule has 0 aliphatic carbocycles. The first-order chi connectivity index (χ1) is 33.4. The molecule has 0 aromatic rings. The molecule has 0 aliphatic rings. The van der Waals surface area contributed by atoms with Crippen molar-refractivity contribution in [2.75, 3.05) is 31.9 Å². The van der Waals surface area contributed by atoms with Crippen molar-refractivity contribution < 1.29 is 17.5 Å². The average Bonchev–Trinajstić information content (AvgIpc) is 3.32. The van der Waals surface area contributed by atoms with Gasteiger partial charge in [-0.2, -0.15) is 0 Å². The molecule has 0 amide bonds. The summed E-state index contributed by atoms with van der Waals surface area (Å²) in [7, 11) is -4.17. The summed E-state index contributed by atoms with van der Waals surface area (Å²) in [5.41, 5.74) is 0. The van der Waals surface area contributed by atoms with E-state index in [1.54, 1.807) is 0 Å². The predicted octanol–water partition coefficient (Wildman–Crippen LogP) is 21.9. The standard InChI is InChI=1S/C63H129NO3S/c1-4-7-10-13-16-19-22-25-28-31-34-37-40-43-46-49-52-55-59-64(62-58-63-68(65,66)67,60-56-53-50-47-44-41-38-35-32-29-26-23-20-17-14-11-8-5-2)61-57-54-51-48-45-42-39-36-33-30-27-24-21-18-15-12-9-6-3/h4-63H2,1-3H3. The van der Waals surface area contributed by atoms with Crippen LogP contribution in [-0.4, -0.2) is 49.4 Å². The molecule has 0 aromatic heterocycles. The lowest BCUT2D eigenvalue weighted by Crippen LogP contribution is -2.51. The molecule has 68 heavy (non-hydrogen) atoms. The summed E-state index contributed by atoms with van der Waals surface area (Å²) in [6.07, 6.45) is 76.1. The van der Waals surface area contributed by atoms with Crippen molar-refractivity contribution in [3.05, 3.63) is 0 Å². The summed E-state index contributed by atoms with van der Waals surface area (Å²) in [6.45, 7) is 11.3. The summed E-state index contributed by atoms with van der Waals surface area (Å²) in [5.74, 6) is -0.190. The van der Waals surface area contributed by atoms with Crippen LogP contribution in [0.2, 0.25) is 0 Å². The molecule has 0 atom stereocenters. The summed E-state index contributed by atoms with van der Waals surface area (Å²) >= 11 is 0. The van der Waals surface area contributed by atoms with E-state index in [9.17, 15) is 13.0 Å². The fourth-order valence-electron chi connectivity index (χ4n) is 11.3. The van der Waals surface area contributed by atoms with Gasteiger partial charge in [0.1, 0.15) is 0 Å². The Morgan fingerprint density at radius 1 is 0.221 bits per heavy atom.